The van der Waals surface area contributed by atoms with Gasteiger partial charge in [-0.25, -0.2) is 0 Å². The Kier molecular flexibility index (Phi) is 7.83. The molecule has 0 saturated heterocycles. The van der Waals surface area contributed by atoms with E-state index in [-0.39, 0.29) is 34.4 Å². The molecule has 198 valence electrons. The zero-order valence-electron chi connectivity index (χ0n) is 20.5. The summed E-state index contributed by atoms with van der Waals surface area (Å²) in [6.45, 7) is 0. The molecule has 0 aliphatic heterocycles. The molecule has 0 saturated carbocycles. The van der Waals surface area contributed by atoms with Gasteiger partial charge in [0.05, 0.1) is 29.3 Å². The highest BCUT2D eigenvalue weighted by atomic mass is 32.2. The molecular weight excluding hydrogens is 525 g/mol. The maximum Gasteiger partial charge on any atom is 0.416 e. The molecule has 0 radical (unpaired) electrons. The van der Waals surface area contributed by atoms with Crippen LogP contribution in [-0.2, 0) is 17.4 Å². The van der Waals surface area contributed by atoms with Crippen LogP contribution in [0.15, 0.2) is 113 Å². The molecule has 1 amide bonds. The lowest BCUT2D eigenvalue weighted by Gasteiger charge is -2.19. The van der Waals surface area contributed by atoms with Crippen molar-refractivity contribution in [3.05, 3.63) is 120 Å². The van der Waals surface area contributed by atoms with Crippen molar-refractivity contribution in [2.75, 3.05) is 5.75 Å². The summed E-state index contributed by atoms with van der Waals surface area (Å²) < 4.78 is 47.2. The molecule has 5 aromatic rings. The lowest BCUT2D eigenvalue weighted by molar-refractivity contribution is -0.137. The first-order chi connectivity index (χ1) is 18.9. The molecule has 0 aliphatic carbocycles. The number of rotatable bonds is 9. The first-order valence-electron chi connectivity index (χ1n) is 12.1. The van der Waals surface area contributed by atoms with Crippen molar-refractivity contribution in [1.82, 2.24) is 20.1 Å². The van der Waals surface area contributed by atoms with Crippen molar-refractivity contribution in [3.8, 4) is 17.3 Å². The zero-order valence-corrected chi connectivity index (χ0v) is 21.3. The molecule has 1 N–H and O–H groups in total. The van der Waals surface area contributed by atoms with Crippen LogP contribution in [0.3, 0.4) is 0 Å². The molecule has 6 nitrogen and oxygen atoms in total. The largest absolute Gasteiger partial charge is 0.461 e. The summed E-state index contributed by atoms with van der Waals surface area (Å²) in [5, 5.41) is 11.7. The summed E-state index contributed by atoms with van der Waals surface area (Å²) in [4.78, 5) is 13.1. The number of alkyl halides is 3. The quantitative estimate of drug-likeness (QED) is 0.207. The molecule has 1 unspecified atom stereocenters. The van der Waals surface area contributed by atoms with E-state index in [9.17, 15) is 18.0 Å². The van der Waals surface area contributed by atoms with Crippen molar-refractivity contribution < 1.29 is 22.4 Å². The van der Waals surface area contributed by atoms with Gasteiger partial charge in [0, 0.05) is 0 Å². The van der Waals surface area contributed by atoms with E-state index in [0.29, 0.717) is 12.2 Å². The van der Waals surface area contributed by atoms with Gasteiger partial charge in [-0.15, -0.1) is 10.2 Å². The number of benzene rings is 3. The van der Waals surface area contributed by atoms with E-state index < -0.39 is 11.7 Å². The van der Waals surface area contributed by atoms with E-state index in [1.54, 1.807) is 12.1 Å². The van der Waals surface area contributed by atoms with E-state index in [1.165, 1.54) is 23.0 Å². The molecule has 1 atom stereocenters. The van der Waals surface area contributed by atoms with E-state index in [1.807, 2.05) is 60.7 Å². The van der Waals surface area contributed by atoms with Gasteiger partial charge in [-0.05, 0) is 47.9 Å². The Bertz CT molecular complexity index is 1520. The number of hydrogen-bond donors (Lipinski definition) is 1. The number of thioether (sulfide) groups is 1. The maximum atomic E-state index is 13.4. The normalized spacial score (nSPS) is 12.3. The average Bonchev–Trinajstić information content (AvgIpc) is 3.62. The molecule has 0 aliphatic rings. The number of nitrogens with zero attached hydrogens (tertiary/aromatic N) is 3. The smallest absolute Gasteiger partial charge is 0.416 e. The Morgan fingerprint density at radius 2 is 1.67 bits per heavy atom. The standard InChI is InChI=1S/C29H23F3N4O2S/c30-29(31,32)22-13-7-14-23(18-22)36-27(25-15-8-16-38-25)34-35-28(36)39-19-26(37)33-24(21-11-5-2-6-12-21)17-20-9-3-1-4-10-20/h1-16,18,24H,17,19H2,(H,33,37). The van der Waals surface area contributed by atoms with Crippen LogP contribution in [0.1, 0.15) is 22.7 Å². The van der Waals surface area contributed by atoms with Gasteiger partial charge in [0.25, 0.3) is 0 Å². The highest BCUT2D eigenvalue weighted by molar-refractivity contribution is 7.99. The summed E-state index contributed by atoms with van der Waals surface area (Å²) in [5.41, 5.74) is 1.44. The molecule has 0 spiro atoms. The molecule has 0 fully saturated rings. The lowest BCUT2D eigenvalue weighted by Crippen LogP contribution is -2.31. The number of aromatic nitrogens is 3. The molecule has 3 aromatic carbocycles. The summed E-state index contributed by atoms with van der Waals surface area (Å²) in [7, 11) is 0. The summed E-state index contributed by atoms with van der Waals surface area (Å²) in [6, 6.07) is 27.4. The highest BCUT2D eigenvalue weighted by Gasteiger charge is 2.31. The molecular formula is C29H23F3N4O2S. The van der Waals surface area contributed by atoms with Gasteiger partial charge in [0.1, 0.15) is 0 Å². The van der Waals surface area contributed by atoms with Crippen LogP contribution in [0, 0.1) is 0 Å². The number of nitrogens with one attached hydrogen (secondary N) is 1. The third-order valence-corrected chi connectivity index (χ3v) is 6.89. The predicted molar refractivity (Wildman–Crippen MR) is 142 cm³/mol. The summed E-state index contributed by atoms with van der Waals surface area (Å²) >= 11 is 1.08. The van der Waals surface area contributed by atoms with Crippen LogP contribution in [-0.4, -0.2) is 26.4 Å². The Morgan fingerprint density at radius 1 is 0.923 bits per heavy atom. The van der Waals surface area contributed by atoms with Crippen molar-refractivity contribution >= 4 is 17.7 Å². The third kappa shape index (κ3) is 6.40. The summed E-state index contributed by atoms with van der Waals surface area (Å²) in [5.74, 6) is 0.299. The monoisotopic (exact) mass is 548 g/mol. The minimum Gasteiger partial charge on any atom is -0.461 e. The number of furan rings is 1. The van der Waals surface area contributed by atoms with Crippen LogP contribution < -0.4 is 5.32 Å². The fraction of sp³-hybridized carbons (Fsp3) is 0.138. The first kappa shape index (κ1) is 26.3. The average molecular weight is 549 g/mol. The van der Waals surface area contributed by atoms with Crippen molar-refractivity contribution in [1.29, 1.82) is 0 Å². The topological polar surface area (TPSA) is 73.0 Å². The van der Waals surface area contributed by atoms with Gasteiger partial charge >= 0.3 is 6.18 Å². The number of carbonyl (C=O) groups is 1. The van der Waals surface area contributed by atoms with Gasteiger partial charge in [-0.3, -0.25) is 9.36 Å². The van der Waals surface area contributed by atoms with Crippen molar-refractivity contribution in [2.45, 2.75) is 23.8 Å². The second kappa shape index (κ2) is 11.6. The molecule has 5 rings (SSSR count). The van der Waals surface area contributed by atoms with Crippen LogP contribution in [0.2, 0.25) is 0 Å². The Hall–Kier alpha value is -4.31. The number of carbonyl (C=O) groups excluding carboxylic acids is 1. The van der Waals surface area contributed by atoms with Crippen LogP contribution in [0.4, 0.5) is 13.2 Å². The lowest BCUT2D eigenvalue weighted by atomic mass is 9.99. The fourth-order valence-corrected chi connectivity index (χ4v) is 4.90. The summed E-state index contributed by atoms with van der Waals surface area (Å²) in [6.07, 6.45) is -2.48. The fourth-order valence-electron chi connectivity index (χ4n) is 4.14. The molecule has 10 heteroatoms. The van der Waals surface area contributed by atoms with Crippen molar-refractivity contribution in [3.63, 3.8) is 0 Å². The number of amides is 1. The Labute approximate surface area is 226 Å². The van der Waals surface area contributed by atoms with Crippen molar-refractivity contribution in [2.24, 2.45) is 0 Å². The second-order valence-corrected chi connectivity index (χ2v) is 9.62. The number of halogens is 3. The SMILES string of the molecule is O=C(CSc1nnc(-c2ccco2)n1-c1cccc(C(F)(F)F)c1)NC(Cc1ccccc1)c1ccccc1. The Balaban J connectivity index is 1.38. The second-order valence-electron chi connectivity index (χ2n) is 8.68. The van der Waals surface area contributed by atoms with Gasteiger partial charge in [-0.2, -0.15) is 13.2 Å². The van der Waals surface area contributed by atoms with Crippen LogP contribution in [0.25, 0.3) is 17.3 Å². The van der Waals surface area contributed by atoms with Crippen LogP contribution >= 0.6 is 11.8 Å². The highest BCUT2D eigenvalue weighted by Crippen LogP contribution is 2.33. The van der Waals surface area contributed by atoms with Gasteiger partial charge in [0.15, 0.2) is 10.9 Å². The number of hydrogen-bond acceptors (Lipinski definition) is 5. The minimum atomic E-state index is -4.52. The van der Waals surface area contributed by atoms with Crippen LogP contribution in [0.5, 0.6) is 0 Å². The van der Waals surface area contributed by atoms with Gasteiger partial charge in [0.2, 0.25) is 11.7 Å². The van der Waals surface area contributed by atoms with E-state index in [4.69, 9.17) is 4.42 Å². The minimum absolute atomic E-state index is 0.0205. The maximum absolute atomic E-state index is 13.4. The van der Waals surface area contributed by atoms with E-state index >= 15 is 0 Å². The van der Waals surface area contributed by atoms with E-state index in [2.05, 4.69) is 15.5 Å². The molecule has 2 aromatic heterocycles. The predicted octanol–water partition coefficient (Wildman–Crippen LogP) is 6.74. The van der Waals surface area contributed by atoms with Gasteiger partial charge < -0.3 is 9.73 Å². The first-order valence-corrected chi connectivity index (χ1v) is 13.0. The van der Waals surface area contributed by atoms with E-state index in [0.717, 1.165) is 35.0 Å². The molecule has 0 bridgehead atoms. The zero-order chi connectivity index (χ0) is 27.2. The molecule has 39 heavy (non-hydrogen) atoms. The Morgan fingerprint density at radius 3 is 2.36 bits per heavy atom. The molecule has 2 heterocycles. The van der Waals surface area contributed by atoms with Gasteiger partial charge in [-0.1, -0.05) is 78.5 Å². The third-order valence-electron chi connectivity index (χ3n) is 5.96.